The van der Waals surface area contributed by atoms with Crippen molar-refractivity contribution in [2.45, 2.75) is 117 Å². The van der Waals surface area contributed by atoms with E-state index in [9.17, 15) is 9.90 Å². The monoisotopic (exact) mass is 538 g/mol. The molecule has 0 aliphatic carbocycles. The zero-order chi connectivity index (χ0) is 27.8. The fourth-order valence-electron chi connectivity index (χ4n) is 2.38. The minimum absolute atomic E-state index is 0.0165. The lowest BCUT2D eigenvalue weighted by Crippen LogP contribution is -2.47. The summed E-state index contributed by atoms with van der Waals surface area (Å²) < 4.78 is 20.6. The number of aliphatic carboxylic acids is 1. The topological polar surface area (TPSA) is 65.0 Å². The average molecular weight is 539 g/mol. The van der Waals surface area contributed by atoms with Crippen molar-refractivity contribution in [1.82, 2.24) is 0 Å². The average Bonchev–Trinajstić information content (AvgIpc) is 2.59. The Bertz CT molecular complexity index is 894. The second-order valence-electron chi connectivity index (χ2n) is 14.1. The first kappa shape index (κ1) is 31.5. The Morgan fingerprint density at radius 3 is 1.29 bits per heavy atom. The Hall–Kier alpha value is -1.52. The molecule has 0 atom stereocenters. The molecule has 0 aromatic heterocycles. The molecule has 0 heterocycles. The van der Waals surface area contributed by atoms with E-state index in [1.807, 2.05) is 12.1 Å². The Morgan fingerprint density at radius 2 is 1.00 bits per heavy atom. The van der Waals surface area contributed by atoms with E-state index in [4.69, 9.17) is 13.3 Å². The molecule has 0 fully saturated rings. The van der Waals surface area contributed by atoms with Gasteiger partial charge < -0.3 is 18.4 Å². The van der Waals surface area contributed by atoms with Crippen molar-refractivity contribution in [2.75, 3.05) is 0 Å². The summed E-state index contributed by atoms with van der Waals surface area (Å²) in [7, 11) is -6.71. The fraction of sp³-hybridized carbons (Fsp3) is 0.667. The van der Waals surface area contributed by atoms with Gasteiger partial charge in [0.15, 0.2) is 5.75 Å². The van der Waals surface area contributed by atoms with Crippen LogP contribution < -0.4 is 13.3 Å². The molecule has 1 aromatic rings. The number of carboxylic acid groups (broad SMARTS) is 1. The van der Waals surface area contributed by atoms with Crippen molar-refractivity contribution in [1.29, 1.82) is 0 Å². The maximum atomic E-state index is 11.3. The summed E-state index contributed by atoms with van der Waals surface area (Å²) in [6.07, 6.45) is 2.74. The molecular formula is C27H50O5Si3. The van der Waals surface area contributed by atoms with Gasteiger partial charge in [-0.25, -0.2) is 4.79 Å². The second-order valence-corrected chi connectivity index (χ2v) is 28.3. The van der Waals surface area contributed by atoms with Crippen LogP contribution in [-0.4, -0.2) is 36.0 Å². The van der Waals surface area contributed by atoms with E-state index >= 15 is 0 Å². The molecule has 35 heavy (non-hydrogen) atoms. The Morgan fingerprint density at radius 1 is 0.686 bits per heavy atom. The zero-order valence-electron chi connectivity index (χ0n) is 24.9. The van der Waals surface area contributed by atoms with Crippen molar-refractivity contribution in [3.8, 4) is 17.2 Å². The predicted molar refractivity (Wildman–Crippen MR) is 157 cm³/mol. The highest BCUT2D eigenvalue weighted by Gasteiger charge is 2.44. The Labute approximate surface area is 217 Å². The van der Waals surface area contributed by atoms with E-state index in [2.05, 4.69) is 102 Å². The number of benzene rings is 1. The largest absolute Gasteiger partial charge is 0.541 e. The molecule has 0 bridgehead atoms. The minimum atomic E-state index is -2.25. The van der Waals surface area contributed by atoms with Crippen LogP contribution in [0.1, 0.15) is 67.9 Å². The first-order valence-electron chi connectivity index (χ1n) is 12.5. The lowest BCUT2D eigenvalue weighted by molar-refractivity contribution is -0.131. The van der Waals surface area contributed by atoms with Gasteiger partial charge in [-0.2, -0.15) is 0 Å². The van der Waals surface area contributed by atoms with Crippen molar-refractivity contribution >= 4 is 37.0 Å². The highest BCUT2D eigenvalue weighted by molar-refractivity contribution is 6.76. The van der Waals surface area contributed by atoms with Crippen LogP contribution in [0, 0.1) is 0 Å². The van der Waals surface area contributed by atoms with Crippen molar-refractivity contribution in [3.05, 3.63) is 23.8 Å². The number of hydrogen-bond donors (Lipinski definition) is 1. The number of carboxylic acids is 1. The molecule has 1 aromatic carbocycles. The quantitative estimate of drug-likeness (QED) is 0.264. The van der Waals surface area contributed by atoms with Gasteiger partial charge in [0.1, 0.15) is 11.5 Å². The van der Waals surface area contributed by atoms with Gasteiger partial charge >= 0.3 is 5.97 Å². The molecule has 0 saturated carbocycles. The summed E-state index contributed by atoms with van der Waals surface area (Å²) in [5, 5.41) is 9.19. The van der Waals surface area contributed by atoms with E-state index < -0.39 is 30.9 Å². The first-order valence-corrected chi connectivity index (χ1v) is 21.2. The van der Waals surface area contributed by atoms with Crippen LogP contribution in [-0.2, 0) is 4.79 Å². The lowest BCUT2D eigenvalue weighted by Gasteiger charge is -2.42. The normalized spacial score (nSPS) is 14.3. The highest BCUT2D eigenvalue weighted by Crippen LogP contribution is 2.50. The Kier molecular flexibility index (Phi) is 9.08. The van der Waals surface area contributed by atoms with Crippen LogP contribution in [0.15, 0.2) is 18.2 Å². The standard InChI is InChI=1S/C27H50O5Si3/c1-25(2,3)33(10,11)30-21-18-20(16-17-23(28)29)19-22(31-34(12,13)26(4,5)6)24(21)32-35(14,15)27(7,8)9/h16-19H,1-15H3,(H,28,29)/b17-16+. The first-order chi connectivity index (χ1) is 15.3. The number of rotatable bonds is 8. The van der Waals surface area contributed by atoms with Gasteiger partial charge in [0, 0.05) is 6.08 Å². The molecule has 8 heteroatoms. The fourth-order valence-corrected chi connectivity index (χ4v) is 5.41. The van der Waals surface area contributed by atoms with Gasteiger partial charge in [0.25, 0.3) is 25.0 Å². The molecule has 0 unspecified atom stereocenters. The second kappa shape index (κ2) is 10.1. The summed E-state index contributed by atoms with van der Waals surface area (Å²) in [6.45, 7) is 33.1. The van der Waals surface area contributed by atoms with Crippen LogP contribution in [0.3, 0.4) is 0 Å². The molecule has 0 aliphatic rings. The van der Waals surface area contributed by atoms with E-state index in [1.54, 1.807) is 6.08 Å². The lowest BCUT2D eigenvalue weighted by atomic mass is 10.1. The zero-order valence-corrected chi connectivity index (χ0v) is 27.9. The number of carbonyl (C=O) groups is 1. The summed E-state index contributed by atoms with van der Waals surface area (Å²) >= 11 is 0. The van der Waals surface area contributed by atoms with Crippen LogP contribution >= 0.6 is 0 Å². The van der Waals surface area contributed by atoms with Gasteiger partial charge in [-0.15, -0.1) is 0 Å². The summed E-state index contributed by atoms with van der Waals surface area (Å²) in [5.41, 5.74) is 0.720. The van der Waals surface area contributed by atoms with Crippen LogP contribution in [0.5, 0.6) is 17.2 Å². The van der Waals surface area contributed by atoms with Gasteiger partial charge in [-0.05, 0) is 78.2 Å². The van der Waals surface area contributed by atoms with Crippen molar-refractivity contribution in [3.63, 3.8) is 0 Å². The molecule has 0 aliphatic heterocycles. The van der Waals surface area contributed by atoms with Gasteiger partial charge in [-0.1, -0.05) is 62.3 Å². The molecule has 0 radical (unpaired) electrons. The van der Waals surface area contributed by atoms with E-state index in [-0.39, 0.29) is 15.1 Å². The predicted octanol–water partition coefficient (Wildman–Crippen LogP) is 8.94. The van der Waals surface area contributed by atoms with Crippen LogP contribution in [0.2, 0.25) is 54.4 Å². The van der Waals surface area contributed by atoms with Gasteiger partial charge in [0.05, 0.1) is 0 Å². The maximum absolute atomic E-state index is 11.3. The molecule has 1 rings (SSSR count). The Balaban J connectivity index is 3.96. The molecule has 5 nitrogen and oxygen atoms in total. The van der Waals surface area contributed by atoms with E-state index in [1.165, 1.54) is 0 Å². The summed E-state index contributed by atoms with van der Waals surface area (Å²) in [6, 6.07) is 3.81. The molecule has 0 saturated heterocycles. The van der Waals surface area contributed by atoms with E-state index in [0.29, 0.717) is 17.2 Å². The third-order valence-electron chi connectivity index (χ3n) is 7.97. The SMILES string of the molecule is CC(C)(C)[Si](C)(C)Oc1cc(/C=C/C(=O)O)cc(O[Si](C)(C)C(C)(C)C)c1O[Si](C)(C)C(C)(C)C. The summed E-state index contributed by atoms with van der Waals surface area (Å²) in [4.78, 5) is 11.3. The molecule has 200 valence electrons. The van der Waals surface area contributed by atoms with E-state index in [0.717, 1.165) is 11.6 Å². The third-order valence-corrected chi connectivity index (χ3v) is 21.0. The van der Waals surface area contributed by atoms with Crippen molar-refractivity contribution < 1.29 is 23.2 Å². The molecule has 1 N–H and O–H groups in total. The molecule has 0 amide bonds. The minimum Gasteiger partial charge on any atom is -0.541 e. The maximum Gasteiger partial charge on any atom is 0.328 e. The molecule has 0 spiro atoms. The van der Waals surface area contributed by atoms with Crippen molar-refractivity contribution in [2.24, 2.45) is 0 Å². The number of hydrogen-bond acceptors (Lipinski definition) is 4. The van der Waals surface area contributed by atoms with Crippen LogP contribution in [0.25, 0.3) is 6.08 Å². The molecular weight excluding hydrogens is 489 g/mol. The van der Waals surface area contributed by atoms with Crippen LogP contribution in [0.4, 0.5) is 0 Å². The highest BCUT2D eigenvalue weighted by atomic mass is 28.4. The van der Waals surface area contributed by atoms with Gasteiger partial charge in [0.2, 0.25) is 0 Å². The van der Waals surface area contributed by atoms with Gasteiger partial charge in [-0.3, -0.25) is 0 Å². The third kappa shape index (κ3) is 7.98. The summed E-state index contributed by atoms with van der Waals surface area (Å²) in [5.74, 6) is 0.939. The smallest absolute Gasteiger partial charge is 0.328 e.